The van der Waals surface area contributed by atoms with Crippen molar-refractivity contribution < 1.29 is 4.74 Å². The smallest absolute Gasteiger partial charge is 0.0506 e. The second-order valence-electron chi connectivity index (χ2n) is 5.65. The quantitative estimate of drug-likeness (QED) is 0.786. The molecule has 0 radical (unpaired) electrons. The average molecular weight is 226 g/mol. The molecule has 3 nitrogen and oxygen atoms in total. The Morgan fingerprint density at radius 1 is 1.38 bits per heavy atom. The summed E-state index contributed by atoms with van der Waals surface area (Å²) in [5.41, 5.74) is 0. The van der Waals surface area contributed by atoms with Crippen LogP contribution < -0.4 is 5.32 Å². The molecule has 0 aromatic rings. The lowest BCUT2D eigenvalue weighted by Crippen LogP contribution is -2.38. The van der Waals surface area contributed by atoms with Crippen LogP contribution in [0.3, 0.4) is 0 Å². The Kier molecular flexibility index (Phi) is 4.62. The Labute approximate surface area is 99.5 Å². The molecule has 2 heterocycles. The highest BCUT2D eigenvalue weighted by Gasteiger charge is 2.25. The fraction of sp³-hybridized carbons (Fsp3) is 1.00. The van der Waals surface area contributed by atoms with E-state index in [1.54, 1.807) is 0 Å². The number of hydrogen-bond donors (Lipinski definition) is 1. The molecule has 2 rings (SSSR count). The molecule has 0 aromatic carbocycles. The van der Waals surface area contributed by atoms with Crippen molar-refractivity contribution in [2.24, 2.45) is 5.92 Å². The summed E-state index contributed by atoms with van der Waals surface area (Å²) in [7, 11) is 0. The lowest BCUT2D eigenvalue weighted by atomic mass is 10.0. The van der Waals surface area contributed by atoms with Gasteiger partial charge in [-0.25, -0.2) is 0 Å². The lowest BCUT2D eigenvalue weighted by Gasteiger charge is -2.27. The Hall–Kier alpha value is -0.120. The maximum Gasteiger partial charge on any atom is 0.0506 e. The zero-order valence-electron chi connectivity index (χ0n) is 10.7. The minimum absolute atomic E-state index is 0.614. The Balaban J connectivity index is 1.67. The molecule has 1 N–H and O–H groups in total. The number of ether oxygens (including phenoxy) is 1. The van der Waals surface area contributed by atoms with E-state index in [0.29, 0.717) is 12.1 Å². The van der Waals surface area contributed by atoms with Gasteiger partial charge in [0, 0.05) is 31.8 Å². The van der Waals surface area contributed by atoms with E-state index >= 15 is 0 Å². The molecule has 94 valence electrons. The van der Waals surface area contributed by atoms with Crippen LogP contribution in [0.2, 0.25) is 0 Å². The van der Waals surface area contributed by atoms with Crippen molar-refractivity contribution in [2.75, 3.05) is 32.8 Å². The first kappa shape index (κ1) is 12.3. The molecule has 0 aliphatic carbocycles. The van der Waals surface area contributed by atoms with Crippen LogP contribution in [0.4, 0.5) is 0 Å². The fourth-order valence-corrected chi connectivity index (χ4v) is 2.92. The van der Waals surface area contributed by atoms with Gasteiger partial charge in [0.05, 0.1) is 6.61 Å². The predicted molar refractivity (Wildman–Crippen MR) is 66.7 cm³/mol. The van der Waals surface area contributed by atoms with Gasteiger partial charge in [0.15, 0.2) is 0 Å². The highest BCUT2D eigenvalue weighted by Crippen LogP contribution is 2.18. The van der Waals surface area contributed by atoms with E-state index in [2.05, 4.69) is 24.1 Å². The number of nitrogens with one attached hydrogen (secondary N) is 1. The minimum atomic E-state index is 0.614. The van der Waals surface area contributed by atoms with E-state index in [0.717, 1.165) is 19.1 Å². The molecule has 0 aromatic heterocycles. The number of nitrogens with zero attached hydrogens (tertiary/aromatic N) is 1. The van der Waals surface area contributed by atoms with Crippen LogP contribution in [0.25, 0.3) is 0 Å². The summed E-state index contributed by atoms with van der Waals surface area (Å²) in [4.78, 5) is 2.61. The van der Waals surface area contributed by atoms with Gasteiger partial charge in [-0.05, 0) is 31.7 Å². The molecule has 2 saturated heterocycles. The van der Waals surface area contributed by atoms with Crippen LogP contribution in [0.1, 0.15) is 33.1 Å². The van der Waals surface area contributed by atoms with Crippen LogP contribution in [-0.2, 0) is 4.74 Å². The van der Waals surface area contributed by atoms with Crippen molar-refractivity contribution in [3.63, 3.8) is 0 Å². The van der Waals surface area contributed by atoms with Crippen molar-refractivity contribution in [3.8, 4) is 0 Å². The Bertz CT molecular complexity index is 202. The average Bonchev–Trinajstić information content (AvgIpc) is 2.66. The van der Waals surface area contributed by atoms with Crippen LogP contribution in [-0.4, -0.2) is 49.8 Å². The van der Waals surface area contributed by atoms with E-state index in [-0.39, 0.29) is 0 Å². The topological polar surface area (TPSA) is 24.5 Å². The van der Waals surface area contributed by atoms with E-state index in [1.807, 2.05) is 0 Å². The summed E-state index contributed by atoms with van der Waals surface area (Å²) in [5.74, 6) is 0.784. The summed E-state index contributed by atoms with van der Waals surface area (Å²) in [6.07, 6.45) is 3.93. The normalized spacial score (nSPS) is 32.4. The van der Waals surface area contributed by atoms with Gasteiger partial charge >= 0.3 is 0 Å². The fourth-order valence-electron chi connectivity index (χ4n) is 2.92. The molecule has 0 spiro atoms. The second kappa shape index (κ2) is 5.99. The zero-order valence-corrected chi connectivity index (χ0v) is 10.7. The molecule has 0 saturated carbocycles. The van der Waals surface area contributed by atoms with Gasteiger partial charge < -0.3 is 15.0 Å². The largest absolute Gasteiger partial charge is 0.381 e. The van der Waals surface area contributed by atoms with Gasteiger partial charge in [0.1, 0.15) is 0 Å². The van der Waals surface area contributed by atoms with Crippen LogP contribution in [0.5, 0.6) is 0 Å². The van der Waals surface area contributed by atoms with Gasteiger partial charge in [-0.3, -0.25) is 0 Å². The third-order valence-electron chi connectivity index (χ3n) is 3.61. The predicted octanol–water partition coefficient (Wildman–Crippen LogP) is 1.49. The summed E-state index contributed by atoms with van der Waals surface area (Å²) >= 11 is 0. The minimum Gasteiger partial charge on any atom is -0.381 e. The maximum absolute atomic E-state index is 5.54. The SMILES string of the molecule is CC(C)NC1CCN(CC2CCCOC2)C1. The van der Waals surface area contributed by atoms with Crippen molar-refractivity contribution in [1.29, 1.82) is 0 Å². The first-order valence-corrected chi connectivity index (χ1v) is 6.80. The van der Waals surface area contributed by atoms with Crippen molar-refractivity contribution >= 4 is 0 Å². The first-order chi connectivity index (χ1) is 7.74. The Morgan fingerprint density at radius 3 is 2.94 bits per heavy atom. The maximum atomic E-state index is 5.54. The molecule has 16 heavy (non-hydrogen) atoms. The number of likely N-dealkylation sites (tertiary alicyclic amines) is 1. The highest BCUT2D eigenvalue weighted by atomic mass is 16.5. The van der Waals surface area contributed by atoms with Gasteiger partial charge in [0.25, 0.3) is 0 Å². The lowest BCUT2D eigenvalue weighted by molar-refractivity contribution is 0.0415. The summed E-state index contributed by atoms with van der Waals surface area (Å²) in [6.45, 7) is 10.2. The molecule has 2 unspecified atom stereocenters. The highest BCUT2D eigenvalue weighted by molar-refractivity contribution is 4.83. The molecule has 0 amide bonds. The van der Waals surface area contributed by atoms with Crippen molar-refractivity contribution in [1.82, 2.24) is 10.2 Å². The summed E-state index contributed by atoms with van der Waals surface area (Å²) in [6, 6.07) is 1.33. The summed E-state index contributed by atoms with van der Waals surface area (Å²) < 4.78 is 5.54. The van der Waals surface area contributed by atoms with Gasteiger partial charge in [-0.1, -0.05) is 13.8 Å². The van der Waals surface area contributed by atoms with E-state index < -0.39 is 0 Å². The van der Waals surface area contributed by atoms with Crippen LogP contribution >= 0.6 is 0 Å². The van der Waals surface area contributed by atoms with Crippen LogP contribution in [0, 0.1) is 5.92 Å². The third kappa shape index (κ3) is 3.72. The Morgan fingerprint density at radius 2 is 2.25 bits per heavy atom. The van der Waals surface area contributed by atoms with E-state index in [4.69, 9.17) is 4.74 Å². The second-order valence-corrected chi connectivity index (χ2v) is 5.65. The van der Waals surface area contributed by atoms with Crippen LogP contribution in [0.15, 0.2) is 0 Å². The van der Waals surface area contributed by atoms with Crippen molar-refractivity contribution in [2.45, 2.75) is 45.2 Å². The molecular weight excluding hydrogens is 200 g/mol. The zero-order chi connectivity index (χ0) is 11.4. The van der Waals surface area contributed by atoms with E-state index in [1.165, 1.54) is 38.9 Å². The molecule has 2 atom stereocenters. The van der Waals surface area contributed by atoms with Gasteiger partial charge in [0.2, 0.25) is 0 Å². The molecule has 2 aliphatic rings. The monoisotopic (exact) mass is 226 g/mol. The molecular formula is C13H26N2O. The molecule has 2 aliphatic heterocycles. The summed E-state index contributed by atoms with van der Waals surface area (Å²) in [5, 5.41) is 3.64. The number of hydrogen-bond acceptors (Lipinski definition) is 3. The first-order valence-electron chi connectivity index (χ1n) is 6.80. The molecule has 2 fully saturated rings. The van der Waals surface area contributed by atoms with Gasteiger partial charge in [-0.2, -0.15) is 0 Å². The van der Waals surface area contributed by atoms with E-state index in [9.17, 15) is 0 Å². The van der Waals surface area contributed by atoms with Crippen molar-refractivity contribution in [3.05, 3.63) is 0 Å². The third-order valence-corrected chi connectivity index (χ3v) is 3.61. The number of rotatable bonds is 4. The molecule has 3 heteroatoms. The van der Waals surface area contributed by atoms with Gasteiger partial charge in [-0.15, -0.1) is 0 Å². The standard InChI is InChI=1S/C13H26N2O/c1-11(2)14-13-5-6-15(9-13)8-12-4-3-7-16-10-12/h11-14H,3-10H2,1-2H3. The molecule has 0 bridgehead atoms.